The van der Waals surface area contributed by atoms with Crippen LogP contribution in [0, 0.1) is 5.92 Å². The number of imidazole rings is 2. The topological polar surface area (TPSA) is 103 Å². The minimum absolute atomic E-state index is 0.0353. The number of fused-ring (bicyclic) bond motifs is 1. The molecular weight excluding hydrogens is 522 g/mol. The average molecular weight is 560 g/mol. The van der Waals surface area contributed by atoms with Gasteiger partial charge < -0.3 is 20.2 Å². The number of hydrogen-bond acceptors (Lipinski definition) is 5. The van der Waals surface area contributed by atoms with Crippen LogP contribution in [0.4, 0.5) is 0 Å². The van der Waals surface area contributed by atoms with Crippen molar-refractivity contribution in [2.45, 2.75) is 58.0 Å². The molecule has 0 bridgehead atoms. The van der Waals surface area contributed by atoms with E-state index in [0.717, 1.165) is 88.5 Å². The molecule has 5 aromatic rings. The number of hydrogen-bond donors (Lipinski definition) is 3. The number of nitrogens with one attached hydrogen (secondary N) is 3. The molecule has 2 aliphatic rings. The van der Waals surface area contributed by atoms with Crippen molar-refractivity contribution in [1.29, 1.82) is 0 Å². The Bertz CT molecular complexity index is 1710. The summed E-state index contributed by atoms with van der Waals surface area (Å²) in [5, 5.41) is 4.60. The molecule has 5 heterocycles. The zero-order valence-electron chi connectivity index (χ0n) is 24.2. The third kappa shape index (κ3) is 5.23. The van der Waals surface area contributed by atoms with Crippen molar-refractivity contribution < 1.29 is 4.79 Å². The summed E-state index contributed by atoms with van der Waals surface area (Å²) in [5.41, 5.74) is 7.30. The SMILES string of the molecule is CC(C)CC(=O)N1CCC[C@H]1c1ncc(-c2ccc(-c3cnc4cc(-c5cnc(C6CCCN6)[nH]5)ccc4c3)cc2)[nH]1. The fourth-order valence-electron chi connectivity index (χ4n) is 6.34. The van der Waals surface area contributed by atoms with Crippen molar-refractivity contribution in [3.8, 4) is 33.6 Å². The Balaban J connectivity index is 1.07. The molecule has 0 aliphatic carbocycles. The summed E-state index contributed by atoms with van der Waals surface area (Å²) >= 11 is 0. The van der Waals surface area contributed by atoms with E-state index < -0.39 is 0 Å². The molecule has 2 atom stereocenters. The van der Waals surface area contributed by atoms with E-state index in [1.807, 2.05) is 23.5 Å². The number of aromatic nitrogens is 5. The lowest BCUT2D eigenvalue weighted by molar-refractivity contribution is -0.133. The Kier molecular flexibility index (Phi) is 7.07. The van der Waals surface area contributed by atoms with E-state index in [2.05, 4.69) is 87.6 Å². The summed E-state index contributed by atoms with van der Waals surface area (Å²) in [7, 11) is 0. The van der Waals surface area contributed by atoms with Crippen LogP contribution in [0.15, 0.2) is 67.1 Å². The largest absolute Gasteiger partial charge is 0.341 e. The number of nitrogens with zero attached hydrogens (tertiary/aromatic N) is 4. The van der Waals surface area contributed by atoms with Gasteiger partial charge in [0.1, 0.15) is 11.6 Å². The number of likely N-dealkylation sites (tertiary alicyclic amines) is 1. The molecule has 3 N–H and O–H groups in total. The molecule has 3 aromatic heterocycles. The zero-order valence-corrected chi connectivity index (χ0v) is 24.2. The van der Waals surface area contributed by atoms with Gasteiger partial charge in [0, 0.05) is 35.7 Å². The van der Waals surface area contributed by atoms with Gasteiger partial charge in [0.2, 0.25) is 5.91 Å². The predicted molar refractivity (Wildman–Crippen MR) is 165 cm³/mol. The third-order valence-corrected chi connectivity index (χ3v) is 8.58. The highest BCUT2D eigenvalue weighted by Gasteiger charge is 2.32. The minimum Gasteiger partial charge on any atom is -0.341 e. The van der Waals surface area contributed by atoms with Crippen LogP contribution in [-0.2, 0) is 4.79 Å². The average Bonchev–Trinajstić information content (AvgIpc) is 3.82. The van der Waals surface area contributed by atoms with Crippen LogP contribution < -0.4 is 5.32 Å². The van der Waals surface area contributed by atoms with Gasteiger partial charge in [-0.25, -0.2) is 9.97 Å². The molecule has 2 saturated heterocycles. The summed E-state index contributed by atoms with van der Waals surface area (Å²) in [6.07, 6.45) is 10.6. The highest BCUT2D eigenvalue weighted by Crippen LogP contribution is 2.33. The Labute approximate surface area is 246 Å². The van der Waals surface area contributed by atoms with Gasteiger partial charge in [0.15, 0.2) is 0 Å². The molecule has 2 aliphatic heterocycles. The molecule has 7 rings (SSSR count). The molecule has 1 unspecified atom stereocenters. The maximum absolute atomic E-state index is 12.8. The first-order chi connectivity index (χ1) is 20.5. The van der Waals surface area contributed by atoms with Gasteiger partial charge in [-0.15, -0.1) is 0 Å². The van der Waals surface area contributed by atoms with Crippen molar-refractivity contribution >= 4 is 16.8 Å². The molecule has 0 radical (unpaired) electrons. The first-order valence-electron chi connectivity index (χ1n) is 15.2. The van der Waals surface area contributed by atoms with E-state index >= 15 is 0 Å². The van der Waals surface area contributed by atoms with Crippen molar-refractivity contribution in [2.75, 3.05) is 13.1 Å². The van der Waals surface area contributed by atoms with Gasteiger partial charge in [0.25, 0.3) is 0 Å². The van der Waals surface area contributed by atoms with E-state index in [4.69, 9.17) is 4.98 Å². The van der Waals surface area contributed by atoms with Gasteiger partial charge in [-0.1, -0.05) is 50.2 Å². The minimum atomic E-state index is 0.0353. The van der Waals surface area contributed by atoms with Crippen molar-refractivity contribution in [3.63, 3.8) is 0 Å². The normalized spacial score (nSPS) is 18.9. The van der Waals surface area contributed by atoms with Crippen LogP contribution in [0.3, 0.4) is 0 Å². The number of H-pyrrole nitrogens is 2. The number of rotatable bonds is 7. The smallest absolute Gasteiger partial charge is 0.223 e. The Morgan fingerprint density at radius 2 is 1.57 bits per heavy atom. The number of carbonyl (C=O) groups excluding carboxylic acids is 1. The molecule has 1 amide bonds. The van der Waals surface area contributed by atoms with Crippen LogP contribution in [0.2, 0.25) is 0 Å². The van der Waals surface area contributed by atoms with Gasteiger partial charge >= 0.3 is 0 Å². The Hall–Kier alpha value is -4.30. The fourth-order valence-corrected chi connectivity index (χ4v) is 6.34. The lowest BCUT2D eigenvalue weighted by atomic mass is 10.0. The first-order valence-corrected chi connectivity index (χ1v) is 15.2. The maximum Gasteiger partial charge on any atom is 0.223 e. The van der Waals surface area contributed by atoms with E-state index in [-0.39, 0.29) is 11.9 Å². The van der Waals surface area contributed by atoms with Crippen LogP contribution in [0.5, 0.6) is 0 Å². The predicted octanol–water partition coefficient (Wildman–Crippen LogP) is 6.82. The summed E-state index contributed by atoms with van der Waals surface area (Å²) in [6, 6.07) is 17.4. The maximum atomic E-state index is 12.8. The summed E-state index contributed by atoms with van der Waals surface area (Å²) in [6.45, 7) is 6.04. The van der Waals surface area contributed by atoms with Gasteiger partial charge in [-0.3, -0.25) is 9.78 Å². The molecule has 0 spiro atoms. The standard InChI is InChI=1S/C34H37N7O/c1-21(2)15-32(42)41-14-4-6-31(41)34-38-19-29(40-34)23-9-7-22(8-10-23)26-16-24-11-12-25(17-28(24)36-18-26)30-20-37-33(39-30)27-5-3-13-35-27/h7-12,16-21,27,31,35H,3-6,13-15H2,1-2H3,(H,37,39)(H,38,40)/t27?,31-/m0/s1. The zero-order chi connectivity index (χ0) is 28.6. The number of aromatic amines is 2. The molecular formula is C34H37N7O. The Morgan fingerprint density at radius 3 is 2.36 bits per heavy atom. The molecule has 0 saturated carbocycles. The number of pyridine rings is 1. The van der Waals surface area contributed by atoms with Crippen LogP contribution in [-0.4, -0.2) is 48.8 Å². The molecule has 214 valence electrons. The van der Waals surface area contributed by atoms with Gasteiger partial charge in [-0.2, -0.15) is 0 Å². The van der Waals surface area contributed by atoms with E-state index in [1.54, 1.807) is 0 Å². The van der Waals surface area contributed by atoms with Crippen molar-refractivity contribution in [2.24, 2.45) is 5.92 Å². The molecule has 2 aromatic carbocycles. The molecule has 2 fully saturated rings. The van der Waals surface area contributed by atoms with Crippen molar-refractivity contribution in [3.05, 3.63) is 78.8 Å². The Morgan fingerprint density at radius 1 is 0.833 bits per heavy atom. The highest BCUT2D eigenvalue weighted by atomic mass is 16.2. The number of carbonyl (C=O) groups is 1. The number of benzene rings is 2. The highest BCUT2D eigenvalue weighted by molar-refractivity contribution is 5.87. The monoisotopic (exact) mass is 559 g/mol. The quantitative estimate of drug-likeness (QED) is 0.203. The molecule has 8 heteroatoms. The lowest BCUT2D eigenvalue weighted by Gasteiger charge is -2.24. The van der Waals surface area contributed by atoms with Crippen LogP contribution in [0.1, 0.15) is 69.7 Å². The van der Waals surface area contributed by atoms with Crippen LogP contribution in [0.25, 0.3) is 44.5 Å². The molecule has 8 nitrogen and oxygen atoms in total. The van der Waals surface area contributed by atoms with Crippen molar-refractivity contribution in [1.82, 2.24) is 35.1 Å². The summed E-state index contributed by atoms with van der Waals surface area (Å²) in [4.78, 5) is 35.9. The second-order valence-electron chi connectivity index (χ2n) is 12.1. The second kappa shape index (κ2) is 11.2. The third-order valence-electron chi connectivity index (χ3n) is 8.58. The van der Waals surface area contributed by atoms with E-state index in [0.29, 0.717) is 18.4 Å². The molecule has 42 heavy (non-hydrogen) atoms. The lowest BCUT2D eigenvalue weighted by Crippen LogP contribution is -2.31. The van der Waals surface area contributed by atoms with E-state index in [9.17, 15) is 4.79 Å². The van der Waals surface area contributed by atoms with Gasteiger partial charge in [0.05, 0.1) is 41.4 Å². The number of amides is 1. The first kappa shape index (κ1) is 26.6. The summed E-state index contributed by atoms with van der Waals surface area (Å²) < 4.78 is 0. The fraction of sp³-hybridized carbons (Fsp3) is 0.353. The van der Waals surface area contributed by atoms with E-state index in [1.165, 1.54) is 6.42 Å². The summed E-state index contributed by atoms with van der Waals surface area (Å²) in [5.74, 6) is 2.47. The second-order valence-corrected chi connectivity index (χ2v) is 12.1. The van der Waals surface area contributed by atoms with Crippen LogP contribution >= 0.6 is 0 Å². The van der Waals surface area contributed by atoms with Gasteiger partial charge in [-0.05, 0) is 61.4 Å².